The van der Waals surface area contributed by atoms with E-state index in [-0.39, 0.29) is 23.5 Å². The lowest BCUT2D eigenvalue weighted by Gasteiger charge is -2.30. The van der Waals surface area contributed by atoms with E-state index < -0.39 is 0 Å². The molecule has 5 nitrogen and oxygen atoms in total. The summed E-state index contributed by atoms with van der Waals surface area (Å²) in [5, 5.41) is 7.14. The Bertz CT molecular complexity index is 1260. The lowest BCUT2D eigenvalue weighted by Crippen LogP contribution is -2.32. The smallest absolute Gasteiger partial charge is 0.193 e. The van der Waals surface area contributed by atoms with E-state index >= 15 is 0 Å². The first-order valence-corrected chi connectivity index (χ1v) is 12.4. The third kappa shape index (κ3) is 4.46. The van der Waals surface area contributed by atoms with Crippen LogP contribution in [0.5, 0.6) is 0 Å². The Morgan fingerprint density at radius 3 is 2.37 bits per heavy atom. The van der Waals surface area contributed by atoms with Crippen LogP contribution in [0.25, 0.3) is 0 Å². The van der Waals surface area contributed by atoms with Crippen molar-refractivity contribution >= 4 is 28.6 Å². The molecule has 0 fully saturated rings. The second-order valence-electron chi connectivity index (χ2n) is 9.11. The van der Waals surface area contributed by atoms with E-state index in [0.29, 0.717) is 17.5 Å². The number of carbonyl (C=O) groups is 2. The van der Waals surface area contributed by atoms with Crippen LogP contribution in [0, 0.1) is 5.92 Å². The maximum atomic E-state index is 13.2. The molecular weight excluding hydrogens is 434 g/mol. The van der Waals surface area contributed by atoms with Gasteiger partial charge in [0.25, 0.3) is 0 Å². The number of hydrogen-bond donors (Lipinski definition) is 2. The van der Waals surface area contributed by atoms with Crippen LogP contribution in [0.2, 0.25) is 0 Å². The molecule has 5 rings (SSSR count). The number of Topliss-reactive ketones (excluding diaryl/α,β-unsaturated/α-hetero) is 1. The highest BCUT2D eigenvalue weighted by Gasteiger charge is 2.37. The van der Waals surface area contributed by atoms with Crippen molar-refractivity contribution in [3.8, 4) is 0 Å². The topological polar surface area (TPSA) is 61.4 Å². The standard InChI is InChI=1S/C30H31N3O2/c1-3-33(4-2)23-16-13-20(14-17-23)29-28-25(11-8-12-27(28)34)31-26-19-22(15-18-24(26)32-29)30(35)21-9-6-5-7-10-21/h5-7,9-11,13-19,28-29,31-32H,3-4,8,12H2,1-2H3/t28-,29+/m0/s1. The minimum absolute atomic E-state index is 0.0201. The molecule has 0 amide bonds. The summed E-state index contributed by atoms with van der Waals surface area (Å²) in [6.07, 6.45) is 3.40. The molecule has 0 bridgehead atoms. The van der Waals surface area contributed by atoms with Crippen LogP contribution in [0.4, 0.5) is 17.1 Å². The van der Waals surface area contributed by atoms with E-state index in [1.165, 1.54) is 5.69 Å². The molecule has 0 saturated carbocycles. The molecular formula is C30H31N3O2. The maximum absolute atomic E-state index is 13.2. The van der Waals surface area contributed by atoms with Gasteiger partial charge in [-0.2, -0.15) is 0 Å². The average Bonchev–Trinajstić information content (AvgIpc) is 3.07. The highest BCUT2D eigenvalue weighted by Crippen LogP contribution is 2.42. The summed E-state index contributed by atoms with van der Waals surface area (Å²) in [5.74, 6) is -0.0920. The van der Waals surface area contributed by atoms with Crippen molar-refractivity contribution in [2.45, 2.75) is 32.7 Å². The first kappa shape index (κ1) is 22.9. The normalized spacial score (nSPS) is 18.8. The number of hydrogen-bond acceptors (Lipinski definition) is 5. The largest absolute Gasteiger partial charge is 0.375 e. The molecule has 35 heavy (non-hydrogen) atoms. The van der Waals surface area contributed by atoms with Crippen molar-refractivity contribution in [1.82, 2.24) is 0 Å². The van der Waals surface area contributed by atoms with Crippen LogP contribution in [0.15, 0.2) is 84.6 Å². The molecule has 0 radical (unpaired) electrons. The number of nitrogens with one attached hydrogen (secondary N) is 2. The number of carbonyl (C=O) groups excluding carboxylic acids is 2. The molecule has 178 valence electrons. The number of anilines is 3. The second-order valence-corrected chi connectivity index (χ2v) is 9.11. The zero-order chi connectivity index (χ0) is 24.4. The van der Waals surface area contributed by atoms with E-state index in [0.717, 1.165) is 42.1 Å². The van der Waals surface area contributed by atoms with Gasteiger partial charge in [-0.3, -0.25) is 9.59 Å². The van der Waals surface area contributed by atoms with E-state index in [4.69, 9.17) is 0 Å². The maximum Gasteiger partial charge on any atom is 0.193 e. The van der Waals surface area contributed by atoms with E-state index in [9.17, 15) is 9.59 Å². The minimum Gasteiger partial charge on any atom is -0.375 e. The van der Waals surface area contributed by atoms with E-state index in [2.05, 4.69) is 59.7 Å². The van der Waals surface area contributed by atoms with Crippen LogP contribution in [0.3, 0.4) is 0 Å². The summed E-state index contributed by atoms with van der Waals surface area (Å²) >= 11 is 0. The quantitative estimate of drug-likeness (QED) is 0.424. The molecule has 0 saturated heterocycles. The van der Waals surface area contributed by atoms with Gasteiger partial charge in [-0.15, -0.1) is 0 Å². The van der Waals surface area contributed by atoms with Gasteiger partial charge in [0.15, 0.2) is 5.78 Å². The predicted octanol–water partition coefficient (Wildman–Crippen LogP) is 6.21. The van der Waals surface area contributed by atoms with Crippen LogP contribution in [-0.2, 0) is 4.79 Å². The SMILES string of the molecule is CCN(CC)c1ccc([C@H]2Nc3ccc(C(=O)c4ccccc4)cc3NC3=CCCC(=O)[C@H]32)cc1. The molecule has 2 aliphatic rings. The van der Waals surface area contributed by atoms with Crippen LogP contribution >= 0.6 is 0 Å². The van der Waals surface area contributed by atoms with Crippen molar-refractivity contribution < 1.29 is 9.59 Å². The molecule has 5 heteroatoms. The summed E-state index contributed by atoms with van der Waals surface area (Å²) in [5.41, 5.74) is 6.15. The first-order chi connectivity index (χ1) is 17.1. The monoisotopic (exact) mass is 465 g/mol. The zero-order valence-corrected chi connectivity index (χ0v) is 20.3. The molecule has 0 unspecified atom stereocenters. The Morgan fingerprint density at radius 1 is 0.914 bits per heavy atom. The highest BCUT2D eigenvalue weighted by atomic mass is 16.1. The van der Waals surface area contributed by atoms with Gasteiger partial charge >= 0.3 is 0 Å². The summed E-state index contributed by atoms with van der Waals surface area (Å²) in [4.78, 5) is 28.5. The molecule has 3 aromatic carbocycles. The van der Waals surface area contributed by atoms with Crippen molar-refractivity contribution in [2.24, 2.45) is 5.92 Å². The molecule has 2 atom stereocenters. The van der Waals surface area contributed by atoms with Crippen molar-refractivity contribution in [1.29, 1.82) is 0 Å². The van der Waals surface area contributed by atoms with Gasteiger partial charge in [0.1, 0.15) is 5.78 Å². The number of allylic oxidation sites excluding steroid dienone is 1. The first-order valence-electron chi connectivity index (χ1n) is 12.4. The summed E-state index contributed by atoms with van der Waals surface area (Å²) < 4.78 is 0. The molecule has 0 aromatic heterocycles. The van der Waals surface area contributed by atoms with Crippen LogP contribution in [0.1, 0.15) is 54.2 Å². The predicted molar refractivity (Wildman–Crippen MR) is 142 cm³/mol. The van der Waals surface area contributed by atoms with Crippen molar-refractivity contribution in [3.63, 3.8) is 0 Å². The number of fused-ring (bicyclic) bond motifs is 2. The van der Waals surface area contributed by atoms with Gasteiger partial charge in [0.05, 0.1) is 23.3 Å². The summed E-state index contributed by atoms with van der Waals surface area (Å²) in [6, 6.07) is 23.3. The van der Waals surface area contributed by atoms with Gasteiger partial charge in [-0.1, -0.05) is 48.5 Å². The van der Waals surface area contributed by atoms with Gasteiger partial charge in [-0.05, 0) is 56.2 Å². The third-order valence-electron chi connectivity index (χ3n) is 7.06. The summed E-state index contributed by atoms with van der Waals surface area (Å²) in [7, 11) is 0. The Hall–Kier alpha value is -3.86. The lowest BCUT2D eigenvalue weighted by atomic mass is 9.82. The van der Waals surface area contributed by atoms with Gasteiger partial charge < -0.3 is 15.5 Å². The average molecular weight is 466 g/mol. The number of benzene rings is 3. The molecule has 1 aliphatic carbocycles. The molecule has 0 spiro atoms. The van der Waals surface area contributed by atoms with Gasteiger partial charge in [0.2, 0.25) is 0 Å². The van der Waals surface area contributed by atoms with Crippen LogP contribution in [-0.4, -0.2) is 24.7 Å². The zero-order valence-electron chi connectivity index (χ0n) is 20.3. The van der Waals surface area contributed by atoms with E-state index in [1.807, 2.05) is 48.5 Å². The Morgan fingerprint density at radius 2 is 1.66 bits per heavy atom. The van der Waals surface area contributed by atoms with Crippen molar-refractivity contribution in [3.05, 3.63) is 101 Å². The van der Waals surface area contributed by atoms with Gasteiger partial charge in [0, 0.05) is 42.0 Å². The number of rotatable bonds is 6. The second kappa shape index (κ2) is 9.79. The highest BCUT2D eigenvalue weighted by molar-refractivity contribution is 6.10. The summed E-state index contributed by atoms with van der Waals surface area (Å²) in [6.45, 7) is 6.21. The fourth-order valence-electron chi connectivity index (χ4n) is 5.15. The Labute approximate surface area is 206 Å². The molecule has 2 N–H and O–H groups in total. The third-order valence-corrected chi connectivity index (χ3v) is 7.06. The molecule has 3 aromatic rings. The number of ketones is 2. The Kier molecular flexibility index (Phi) is 6.41. The van der Waals surface area contributed by atoms with Gasteiger partial charge in [-0.25, -0.2) is 0 Å². The lowest BCUT2D eigenvalue weighted by molar-refractivity contribution is -0.122. The molecule has 1 aliphatic heterocycles. The van der Waals surface area contributed by atoms with Crippen molar-refractivity contribution in [2.75, 3.05) is 28.6 Å². The fraction of sp³-hybridized carbons (Fsp3) is 0.267. The number of nitrogens with zero attached hydrogens (tertiary/aromatic N) is 1. The van der Waals surface area contributed by atoms with Crippen LogP contribution < -0.4 is 15.5 Å². The fourth-order valence-corrected chi connectivity index (χ4v) is 5.15. The minimum atomic E-state index is -0.302. The Balaban J connectivity index is 1.52. The van der Waals surface area contributed by atoms with E-state index in [1.54, 1.807) is 0 Å². The molecule has 1 heterocycles.